The molecular formula is C20H26Ac3ClN4-3. The first kappa shape index (κ1) is 33.1. The average Bonchev–Trinajstić information content (AvgIpc) is 2.70. The van der Waals surface area contributed by atoms with Crippen LogP contribution in [0.3, 0.4) is 0 Å². The third kappa shape index (κ3) is 13.4. The second-order valence-corrected chi connectivity index (χ2v) is 6.33. The summed E-state index contributed by atoms with van der Waals surface area (Å²) in [6, 6.07) is 16.2. The van der Waals surface area contributed by atoms with E-state index >= 15 is 0 Å². The van der Waals surface area contributed by atoms with Crippen molar-refractivity contribution in [2.75, 3.05) is 26.2 Å². The number of alkyl halides is 1. The predicted octanol–water partition coefficient (Wildman–Crippen LogP) is 5.41. The molecule has 1 aliphatic rings. The van der Waals surface area contributed by atoms with Crippen LogP contribution in [-0.4, -0.2) is 31.1 Å². The molecule has 0 atom stereocenters. The molecule has 0 saturated carbocycles. The van der Waals surface area contributed by atoms with Crippen molar-refractivity contribution in [1.29, 1.82) is 0 Å². The summed E-state index contributed by atoms with van der Waals surface area (Å²) in [6.07, 6.45) is 0. The molecule has 1 heterocycles. The van der Waals surface area contributed by atoms with E-state index in [4.69, 9.17) is 23.1 Å². The van der Waals surface area contributed by atoms with Crippen molar-refractivity contribution in [2.24, 2.45) is 0 Å². The second-order valence-electron chi connectivity index (χ2n) is 6.07. The van der Waals surface area contributed by atoms with Crippen LogP contribution in [0, 0.1) is 132 Å². The van der Waals surface area contributed by atoms with Crippen LogP contribution in [-0.2, 0) is 25.5 Å². The topological polar surface area (TPSA) is 64.9 Å². The zero-order chi connectivity index (χ0) is 17.9. The molecule has 1 aliphatic heterocycles. The van der Waals surface area contributed by atoms with E-state index in [1.54, 1.807) is 0 Å². The number of hydrogen-bond donors (Lipinski definition) is 0. The van der Waals surface area contributed by atoms with Crippen LogP contribution in [0.1, 0.15) is 22.3 Å². The maximum atomic E-state index is 7.24. The molecule has 0 aromatic heterocycles. The summed E-state index contributed by atoms with van der Waals surface area (Å²) in [5, 5.41) is 4.33. The number of halogens is 1. The Kier molecular flexibility index (Phi) is 24.2. The van der Waals surface area contributed by atoms with E-state index in [0.717, 1.165) is 49.4 Å². The van der Waals surface area contributed by atoms with Crippen molar-refractivity contribution in [2.45, 2.75) is 25.5 Å². The molecule has 3 rings (SSSR count). The summed E-state index contributed by atoms with van der Waals surface area (Å²) < 4.78 is 0. The number of nitrogens with zero attached hydrogens (tertiary/aromatic N) is 2. The quantitative estimate of drug-likeness (QED) is 0.371. The van der Waals surface area contributed by atoms with Crippen molar-refractivity contribution in [3.63, 3.8) is 0 Å². The maximum absolute atomic E-state index is 7.24. The fourth-order valence-corrected chi connectivity index (χ4v) is 2.75. The normalized spacial score (nSPS) is 13.1. The van der Waals surface area contributed by atoms with Gasteiger partial charge in [-0.2, -0.15) is 0 Å². The third-order valence-corrected chi connectivity index (χ3v) is 4.47. The average molecular weight is 1040 g/mol. The first-order chi connectivity index (χ1) is 12.2. The Morgan fingerprint density at radius 1 is 0.714 bits per heavy atom. The van der Waals surface area contributed by atoms with Crippen LogP contribution in [0.25, 0.3) is 16.8 Å². The van der Waals surface area contributed by atoms with E-state index in [1.165, 1.54) is 5.56 Å². The maximum Gasteiger partial charge on any atom is 0.0474 e. The van der Waals surface area contributed by atoms with Gasteiger partial charge in [0.15, 0.2) is 0 Å². The van der Waals surface area contributed by atoms with Crippen molar-refractivity contribution in [1.82, 2.24) is 4.90 Å². The summed E-state index contributed by atoms with van der Waals surface area (Å²) in [5.41, 5.74) is 18.9. The van der Waals surface area contributed by atoms with Crippen LogP contribution in [0.5, 0.6) is 0 Å². The number of nitrogens with one attached hydrogen (secondary N) is 2. The summed E-state index contributed by atoms with van der Waals surface area (Å²) in [5.74, 6) is 0.554. The molecule has 0 spiro atoms. The molecule has 3 radical (unpaired) electrons. The molecule has 0 unspecified atom stereocenters. The Morgan fingerprint density at radius 3 is 1.50 bits per heavy atom. The van der Waals surface area contributed by atoms with Gasteiger partial charge in [0.05, 0.1) is 0 Å². The Bertz CT molecular complexity index is 583. The van der Waals surface area contributed by atoms with Gasteiger partial charge in [-0.15, -0.1) is 37.8 Å². The second kappa shape index (κ2) is 20.5. The Balaban J connectivity index is 0. The van der Waals surface area contributed by atoms with E-state index in [0.29, 0.717) is 19.0 Å². The molecule has 2 aromatic rings. The minimum atomic E-state index is 0. The van der Waals surface area contributed by atoms with Gasteiger partial charge in [-0.1, -0.05) is 59.7 Å². The molecule has 4 nitrogen and oxygen atoms in total. The standard InChI is InChI=1S/C12H17N3.C8H9ClN.3Ac/c13-9-11-1-3-12(4-2-11)10-15-7-5-14-6-8-15;9-5-7-1-3-8(6-10)4-2-7;;;/h1-4,13H,5-10H2;1-4,10H,5-6H2;;;/q-2;-1;;;. The summed E-state index contributed by atoms with van der Waals surface area (Å²) in [7, 11) is 0. The molecule has 8 heteroatoms. The zero-order valence-corrected chi connectivity index (χ0v) is 31.3. The van der Waals surface area contributed by atoms with Gasteiger partial charge in [0.25, 0.3) is 0 Å². The minimum Gasteiger partial charge on any atom is -0.674 e. The third-order valence-electron chi connectivity index (χ3n) is 4.16. The van der Waals surface area contributed by atoms with Gasteiger partial charge >= 0.3 is 0 Å². The first-order valence-electron chi connectivity index (χ1n) is 8.61. The van der Waals surface area contributed by atoms with Gasteiger partial charge in [-0.05, 0) is 24.2 Å². The van der Waals surface area contributed by atoms with E-state index in [-0.39, 0.29) is 132 Å². The van der Waals surface area contributed by atoms with Crippen molar-refractivity contribution in [3.05, 3.63) is 87.6 Å². The minimum absolute atomic E-state index is 0. The molecule has 0 amide bonds. The molecule has 2 N–H and O–H groups in total. The van der Waals surface area contributed by atoms with Gasteiger partial charge in [0, 0.05) is 145 Å². The number of piperazine rings is 1. The first-order valence-corrected chi connectivity index (χ1v) is 9.15. The number of hydrogen-bond acceptors (Lipinski definition) is 1. The van der Waals surface area contributed by atoms with E-state index < -0.39 is 0 Å². The summed E-state index contributed by atoms with van der Waals surface area (Å²) in [4.78, 5) is 2.43. The zero-order valence-electron chi connectivity index (χ0n) is 16.3. The molecule has 145 valence electrons. The molecule has 2 aromatic carbocycles. The number of benzene rings is 2. The molecule has 28 heavy (non-hydrogen) atoms. The van der Waals surface area contributed by atoms with Gasteiger partial charge in [-0.3, -0.25) is 0 Å². The number of rotatable bonds is 5. The fraction of sp³-hybridized carbons (Fsp3) is 0.400. The van der Waals surface area contributed by atoms with Crippen molar-refractivity contribution >= 4 is 11.6 Å². The van der Waals surface area contributed by atoms with Crippen LogP contribution in [0.2, 0.25) is 0 Å². The molecule has 1 saturated heterocycles. The van der Waals surface area contributed by atoms with Gasteiger partial charge in [-0.25, -0.2) is 0 Å². The molecular weight excluding hydrogens is 1010 g/mol. The Labute approximate surface area is 282 Å². The molecule has 0 bridgehead atoms. The summed E-state index contributed by atoms with van der Waals surface area (Å²) in [6.45, 7) is 5.87. The Hall–Kier alpha value is 2.89. The SMILES string of the molecule is [Ac].[Ac].[Ac].[NH-]Cc1ccc(CCl)cc1.[NH-]Cc1ccc(CN2CC[N-]CC2)cc1. The smallest absolute Gasteiger partial charge is 0.0474 e. The van der Waals surface area contributed by atoms with E-state index in [2.05, 4.69) is 34.5 Å². The van der Waals surface area contributed by atoms with E-state index in [1.807, 2.05) is 24.3 Å². The van der Waals surface area contributed by atoms with Crippen LogP contribution < -0.4 is 0 Å². The van der Waals surface area contributed by atoms with Crippen molar-refractivity contribution < 1.29 is 132 Å². The van der Waals surface area contributed by atoms with Gasteiger partial charge < -0.3 is 21.7 Å². The fourth-order valence-electron chi connectivity index (χ4n) is 2.57. The Morgan fingerprint density at radius 2 is 1.11 bits per heavy atom. The summed E-state index contributed by atoms with van der Waals surface area (Å²) >= 11 is 5.58. The van der Waals surface area contributed by atoms with E-state index in [9.17, 15) is 0 Å². The van der Waals surface area contributed by atoms with Crippen LogP contribution in [0.15, 0.2) is 48.5 Å². The molecule has 0 aliphatic carbocycles. The van der Waals surface area contributed by atoms with Gasteiger partial charge in [0.1, 0.15) is 0 Å². The molecule has 1 fully saturated rings. The van der Waals surface area contributed by atoms with Crippen molar-refractivity contribution in [3.8, 4) is 0 Å². The van der Waals surface area contributed by atoms with Crippen LogP contribution in [0.4, 0.5) is 0 Å². The monoisotopic (exact) mass is 1040 g/mol. The largest absolute Gasteiger partial charge is 0.674 e. The predicted molar refractivity (Wildman–Crippen MR) is 107 cm³/mol. The van der Waals surface area contributed by atoms with Gasteiger partial charge in [0.2, 0.25) is 0 Å². The van der Waals surface area contributed by atoms with Crippen LogP contribution >= 0.6 is 11.6 Å².